The third-order valence-corrected chi connectivity index (χ3v) is 15.6. The molecule has 0 radical (unpaired) electrons. The summed E-state index contributed by atoms with van der Waals surface area (Å²) in [7, 11) is 0. The van der Waals surface area contributed by atoms with E-state index in [1.165, 1.54) is 0 Å². The van der Waals surface area contributed by atoms with Crippen molar-refractivity contribution < 1.29 is 0 Å². The SMILES string of the molecule is [C-]#[N+]c1cc(C#N)cc(-c2c(-n3c4ccccc4c4ccccc43)c(-c3cc(C#N)cc(C#N)c3)c(-n3c4ccccc4c4ccccc43)c(-n3c4ccccc4c4ccccc43)c2-n2c3ccccc3c3ccccc32)c1. The third kappa shape index (κ3) is 6.24. The van der Waals surface area contributed by atoms with Gasteiger partial charge in [-0.05, 0) is 96.1 Å². The van der Waals surface area contributed by atoms with Crippen molar-refractivity contribution in [3.05, 3.63) is 259 Å². The first-order valence-electron chi connectivity index (χ1n) is 25.6. The molecule has 4 heterocycles. The lowest BCUT2D eigenvalue weighted by Gasteiger charge is -2.31. The van der Waals surface area contributed by atoms with Crippen LogP contribution in [0.15, 0.2) is 231 Å². The highest BCUT2D eigenvalue weighted by molar-refractivity contribution is 6.18. The zero-order valence-corrected chi connectivity index (χ0v) is 41.5. The van der Waals surface area contributed by atoms with Gasteiger partial charge in [-0.25, -0.2) is 4.85 Å². The topological polar surface area (TPSA) is 95.5 Å². The van der Waals surface area contributed by atoms with E-state index in [4.69, 9.17) is 6.57 Å². The number of fused-ring (bicyclic) bond motifs is 12. The van der Waals surface area contributed by atoms with Crippen molar-refractivity contribution in [1.82, 2.24) is 18.3 Å². The summed E-state index contributed by atoms with van der Waals surface area (Å²) in [5.41, 5.74) is 14.5. The van der Waals surface area contributed by atoms with Crippen LogP contribution in [0.4, 0.5) is 5.69 Å². The number of hydrogen-bond acceptors (Lipinski definition) is 3. The summed E-state index contributed by atoms with van der Waals surface area (Å²) >= 11 is 0. The summed E-state index contributed by atoms with van der Waals surface area (Å²) in [6, 6.07) is 86.1. The number of rotatable bonds is 6. The molecule has 0 atom stereocenters. The second-order valence-electron chi connectivity index (χ2n) is 19.6. The number of nitriles is 3. The summed E-state index contributed by atoms with van der Waals surface area (Å²) in [6.07, 6.45) is 0. The van der Waals surface area contributed by atoms with Crippen molar-refractivity contribution in [3.63, 3.8) is 0 Å². The molecule has 0 aliphatic rings. The highest BCUT2D eigenvalue weighted by Gasteiger charge is 2.36. The number of aromatic nitrogens is 4. The lowest BCUT2D eigenvalue weighted by atomic mass is 9.88. The molecule has 0 N–H and O–H groups in total. The largest absolute Gasteiger partial charge is 0.308 e. The maximum Gasteiger partial charge on any atom is 0.189 e. The minimum atomic E-state index is 0.301. The molecule has 4 aromatic heterocycles. The number of hydrogen-bond donors (Lipinski definition) is 0. The van der Waals surface area contributed by atoms with E-state index in [0.29, 0.717) is 44.6 Å². The summed E-state index contributed by atoms with van der Waals surface area (Å²) in [5.74, 6) is 0. The number of para-hydroxylation sites is 8. The summed E-state index contributed by atoms with van der Waals surface area (Å²) in [4.78, 5) is 4.06. The first-order chi connectivity index (χ1) is 38.6. The number of benzene rings is 11. The van der Waals surface area contributed by atoms with Gasteiger partial charge in [0, 0.05) is 59.8 Å². The minimum Gasteiger partial charge on any atom is -0.308 e. The Morgan fingerprint density at radius 2 is 0.526 bits per heavy atom. The van der Waals surface area contributed by atoms with Gasteiger partial charge in [0.25, 0.3) is 0 Å². The molecule has 0 saturated carbocycles. The van der Waals surface area contributed by atoms with Crippen molar-refractivity contribution in [3.8, 4) is 63.2 Å². The molecule has 15 rings (SSSR count). The van der Waals surface area contributed by atoms with Crippen LogP contribution in [0.1, 0.15) is 16.7 Å². The van der Waals surface area contributed by atoms with Crippen LogP contribution in [0.25, 0.3) is 137 Å². The first-order valence-corrected chi connectivity index (χ1v) is 25.6. The Kier molecular flexibility index (Phi) is 9.65. The molecule has 0 saturated heterocycles. The molecule has 15 aromatic rings. The Hall–Kier alpha value is -11.4. The molecule has 0 aliphatic carbocycles. The molecular formula is C70H38N8. The van der Waals surface area contributed by atoms with Crippen LogP contribution in [0.3, 0.4) is 0 Å². The van der Waals surface area contributed by atoms with E-state index in [9.17, 15) is 15.8 Å². The standard InChI is InChI=1S/C70H38N8/c1-74-48-38-45(42-73)37-47(39-48)66-67(75-57-26-10-2-18-49(57)50-19-3-11-27-58(50)75)65(46-35-43(40-71)34-44(36-46)41-72)68(76-59-28-12-4-20-51(59)52-21-5-13-29-60(52)76)70(78-63-32-16-8-24-55(63)56-25-9-17-33-64(56)78)69(66)77-61-30-14-6-22-53(61)54-23-7-15-31-62(54)77/h2-39H. The van der Waals surface area contributed by atoms with Crippen molar-refractivity contribution in [2.75, 3.05) is 0 Å². The Morgan fingerprint density at radius 1 is 0.282 bits per heavy atom. The van der Waals surface area contributed by atoms with Gasteiger partial charge < -0.3 is 18.3 Å². The quantitative estimate of drug-likeness (QED) is 0.155. The molecular weight excluding hydrogens is 953 g/mol. The fourth-order valence-electron chi connectivity index (χ4n) is 12.6. The van der Waals surface area contributed by atoms with Crippen LogP contribution in [0.2, 0.25) is 0 Å². The van der Waals surface area contributed by atoms with Gasteiger partial charge in [-0.15, -0.1) is 0 Å². The van der Waals surface area contributed by atoms with Crippen molar-refractivity contribution >= 4 is 92.9 Å². The normalized spacial score (nSPS) is 11.5. The molecule has 358 valence electrons. The molecule has 0 unspecified atom stereocenters. The number of nitrogens with zero attached hydrogens (tertiary/aromatic N) is 8. The fourth-order valence-corrected chi connectivity index (χ4v) is 12.6. The highest BCUT2D eigenvalue weighted by atomic mass is 15.1. The zero-order chi connectivity index (χ0) is 52.2. The van der Waals surface area contributed by atoms with Gasteiger partial charge in [-0.1, -0.05) is 146 Å². The van der Waals surface area contributed by atoms with E-state index >= 15 is 0 Å². The average molecular weight is 991 g/mol. The summed E-state index contributed by atoms with van der Waals surface area (Å²) in [6.45, 7) is 8.61. The maximum absolute atomic E-state index is 11.0. The molecule has 0 amide bonds. The highest BCUT2D eigenvalue weighted by Crippen LogP contribution is 2.55. The van der Waals surface area contributed by atoms with E-state index in [-0.39, 0.29) is 0 Å². The monoisotopic (exact) mass is 990 g/mol. The average Bonchev–Trinajstić information content (AvgIpc) is 3.61. The van der Waals surface area contributed by atoms with Gasteiger partial charge in [0.2, 0.25) is 0 Å². The second-order valence-corrected chi connectivity index (χ2v) is 19.6. The summed E-state index contributed by atoms with van der Waals surface area (Å²) in [5, 5.41) is 41.4. The molecule has 8 nitrogen and oxygen atoms in total. The Balaban J connectivity index is 1.38. The second kappa shape index (κ2) is 17.1. The van der Waals surface area contributed by atoms with Gasteiger partial charge >= 0.3 is 0 Å². The van der Waals surface area contributed by atoms with Crippen LogP contribution < -0.4 is 0 Å². The van der Waals surface area contributed by atoms with Gasteiger partial charge in [-0.3, -0.25) is 0 Å². The molecule has 0 spiro atoms. The van der Waals surface area contributed by atoms with Gasteiger partial charge in [-0.2, -0.15) is 15.8 Å². The van der Waals surface area contributed by atoms with Gasteiger partial charge in [0.1, 0.15) is 0 Å². The molecule has 78 heavy (non-hydrogen) atoms. The Labute approximate surface area is 446 Å². The molecule has 0 bridgehead atoms. The fraction of sp³-hybridized carbons (Fsp3) is 0. The molecule has 0 aliphatic heterocycles. The van der Waals surface area contributed by atoms with Crippen LogP contribution in [-0.4, -0.2) is 18.3 Å². The van der Waals surface area contributed by atoms with Gasteiger partial charge in [0.05, 0.1) is 103 Å². The first kappa shape index (κ1) is 44.1. The van der Waals surface area contributed by atoms with E-state index in [2.05, 4.69) is 235 Å². The molecule has 0 fully saturated rings. The summed E-state index contributed by atoms with van der Waals surface area (Å²) < 4.78 is 9.51. The van der Waals surface area contributed by atoms with E-state index < -0.39 is 0 Å². The van der Waals surface area contributed by atoms with Crippen molar-refractivity contribution in [1.29, 1.82) is 15.8 Å². The van der Waals surface area contributed by atoms with E-state index in [1.807, 2.05) is 24.3 Å². The van der Waals surface area contributed by atoms with Crippen molar-refractivity contribution in [2.24, 2.45) is 0 Å². The van der Waals surface area contributed by atoms with E-state index in [0.717, 1.165) is 110 Å². The van der Waals surface area contributed by atoms with E-state index in [1.54, 1.807) is 12.1 Å². The Bertz CT molecular complexity index is 4790. The smallest absolute Gasteiger partial charge is 0.189 e. The predicted molar refractivity (Wildman–Crippen MR) is 315 cm³/mol. The van der Waals surface area contributed by atoms with Crippen LogP contribution >= 0.6 is 0 Å². The molecule has 11 aromatic carbocycles. The maximum atomic E-state index is 11.0. The van der Waals surface area contributed by atoms with Gasteiger partial charge in [0.15, 0.2) is 5.69 Å². The van der Waals surface area contributed by atoms with Crippen molar-refractivity contribution in [2.45, 2.75) is 0 Å². The molecule has 8 heteroatoms. The lowest BCUT2D eigenvalue weighted by molar-refractivity contribution is 1.04. The minimum absolute atomic E-state index is 0.301. The van der Waals surface area contributed by atoms with Crippen LogP contribution in [0.5, 0.6) is 0 Å². The van der Waals surface area contributed by atoms with Crippen LogP contribution in [0, 0.1) is 40.6 Å². The van der Waals surface area contributed by atoms with Crippen LogP contribution in [-0.2, 0) is 0 Å². The predicted octanol–water partition coefficient (Wildman–Crippen LogP) is 17.6. The lowest BCUT2D eigenvalue weighted by Crippen LogP contribution is -2.16. The zero-order valence-electron chi connectivity index (χ0n) is 41.5. The Morgan fingerprint density at radius 3 is 0.808 bits per heavy atom. The third-order valence-electron chi connectivity index (χ3n) is 15.6.